The SMILES string of the molecule is C=C1CCOC1c1ccc2c(c1)OCO2. The minimum Gasteiger partial charge on any atom is -0.454 e. The summed E-state index contributed by atoms with van der Waals surface area (Å²) in [6.45, 7) is 5.08. The molecule has 1 aromatic carbocycles. The molecule has 0 spiro atoms. The maximum absolute atomic E-state index is 5.62. The maximum Gasteiger partial charge on any atom is 0.231 e. The minimum atomic E-state index is 0.0273. The molecule has 0 aromatic heterocycles. The summed E-state index contributed by atoms with van der Waals surface area (Å²) < 4.78 is 16.2. The van der Waals surface area contributed by atoms with Crippen LogP contribution in [0.2, 0.25) is 0 Å². The molecule has 1 unspecified atom stereocenters. The van der Waals surface area contributed by atoms with Crippen molar-refractivity contribution in [1.29, 1.82) is 0 Å². The number of hydrogen-bond donors (Lipinski definition) is 0. The predicted molar refractivity (Wildman–Crippen MR) is 55.0 cm³/mol. The van der Waals surface area contributed by atoms with Gasteiger partial charge in [0.15, 0.2) is 11.5 Å². The summed E-state index contributed by atoms with van der Waals surface area (Å²) in [7, 11) is 0. The molecule has 1 aromatic rings. The van der Waals surface area contributed by atoms with Crippen LogP contribution in [0, 0.1) is 0 Å². The Morgan fingerprint density at radius 1 is 1.20 bits per heavy atom. The molecule has 3 rings (SSSR count). The van der Waals surface area contributed by atoms with E-state index in [0.29, 0.717) is 6.79 Å². The fourth-order valence-corrected chi connectivity index (χ4v) is 1.96. The van der Waals surface area contributed by atoms with Crippen molar-refractivity contribution in [2.45, 2.75) is 12.5 Å². The molecule has 2 heterocycles. The van der Waals surface area contributed by atoms with Crippen LogP contribution >= 0.6 is 0 Å². The van der Waals surface area contributed by atoms with Gasteiger partial charge in [-0.1, -0.05) is 12.6 Å². The molecule has 3 heteroatoms. The van der Waals surface area contributed by atoms with E-state index < -0.39 is 0 Å². The van der Waals surface area contributed by atoms with Gasteiger partial charge in [-0.3, -0.25) is 0 Å². The third kappa shape index (κ3) is 1.39. The third-order valence-corrected chi connectivity index (χ3v) is 2.78. The molecule has 0 bridgehead atoms. The standard InChI is InChI=1S/C12H12O3/c1-8-4-5-13-12(8)9-2-3-10-11(6-9)15-7-14-10/h2-3,6,12H,1,4-5,7H2. The largest absolute Gasteiger partial charge is 0.454 e. The van der Waals surface area contributed by atoms with Gasteiger partial charge in [-0.05, 0) is 29.7 Å². The topological polar surface area (TPSA) is 27.7 Å². The Balaban J connectivity index is 1.95. The van der Waals surface area contributed by atoms with E-state index in [1.807, 2.05) is 18.2 Å². The molecule has 2 aliphatic heterocycles. The first-order valence-corrected chi connectivity index (χ1v) is 5.03. The molecule has 1 saturated heterocycles. The molecule has 78 valence electrons. The monoisotopic (exact) mass is 204 g/mol. The van der Waals surface area contributed by atoms with Gasteiger partial charge in [0.1, 0.15) is 6.10 Å². The molecule has 1 fully saturated rings. The van der Waals surface area contributed by atoms with Gasteiger partial charge >= 0.3 is 0 Å². The highest BCUT2D eigenvalue weighted by Gasteiger charge is 2.24. The molecule has 1 atom stereocenters. The zero-order valence-corrected chi connectivity index (χ0v) is 8.36. The molecule has 0 radical (unpaired) electrons. The van der Waals surface area contributed by atoms with Crippen molar-refractivity contribution in [2.75, 3.05) is 13.4 Å². The highest BCUT2D eigenvalue weighted by Crippen LogP contribution is 2.39. The van der Waals surface area contributed by atoms with E-state index in [1.54, 1.807) is 0 Å². The highest BCUT2D eigenvalue weighted by molar-refractivity contribution is 5.46. The Kier molecular flexibility index (Phi) is 1.92. The second kappa shape index (κ2) is 3.28. The fourth-order valence-electron chi connectivity index (χ4n) is 1.96. The van der Waals surface area contributed by atoms with Crippen molar-refractivity contribution in [2.24, 2.45) is 0 Å². The molecule has 0 N–H and O–H groups in total. The first-order chi connectivity index (χ1) is 7.34. The minimum absolute atomic E-state index is 0.0273. The van der Waals surface area contributed by atoms with Crippen molar-refractivity contribution < 1.29 is 14.2 Å². The van der Waals surface area contributed by atoms with Crippen LogP contribution in [0.1, 0.15) is 18.1 Å². The molecule has 3 nitrogen and oxygen atoms in total. The number of fused-ring (bicyclic) bond motifs is 1. The molecular weight excluding hydrogens is 192 g/mol. The van der Waals surface area contributed by atoms with Crippen molar-refractivity contribution in [1.82, 2.24) is 0 Å². The van der Waals surface area contributed by atoms with Gasteiger partial charge < -0.3 is 14.2 Å². The summed E-state index contributed by atoms with van der Waals surface area (Å²) in [6.07, 6.45) is 0.971. The van der Waals surface area contributed by atoms with Crippen LogP contribution in [0.25, 0.3) is 0 Å². The Morgan fingerprint density at radius 3 is 2.87 bits per heavy atom. The number of rotatable bonds is 1. The van der Waals surface area contributed by atoms with E-state index in [4.69, 9.17) is 14.2 Å². The second-order valence-corrected chi connectivity index (χ2v) is 3.77. The molecule has 15 heavy (non-hydrogen) atoms. The lowest BCUT2D eigenvalue weighted by molar-refractivity contribution is 0.125. The molecule has 2 aliphatic rings. The van der Waals surface area contributed by atoms with Crippen molar-refractivity contribution in [3.05, 3.63) is 35.9 Å². The summed E-state index contributed by atoms with van der Waals surface area (Å²) in [6, 6.07) is 5.91. The molecule has 0 aliphatic carbocycles. The van der Waals surface area contributed by atoms with Crippen LogP contribution < -0.4 is 9.47 Å². The lowest BCUT2D eigenvalue weighted by atomic mass is 10.0. The van der Waals surface area contributed by atoms with Gasteiger partial charge in [0.05, 0.1) is 6.61 Å². The average molecular weight is 204 g/mol. The fraction of sp³-hybridized carbons (Fsp3) is 0.333. The Hall–Kier alpha value is -1.48. The quantitative estimate of drug-likeness (QED) is 0.657. The van der Waals surface area contributed by atoms with E-state index in [1.165, 1.54) is 0 Å². The number of benzene rings is 1. The predicted octanol–water partition coefficient (Wildman–Crippen LogP) is 2.43. The summed E-state index contributed by atoms with van der Waals surface area (Å²) in [4.78, 5) is 0. The van der Waals surface area contributed by atoms with Gasteiger partial charge in [-0.2, -0.15) is 0 Å². The number of ether oxygens (including phenoxy) is 3. The van der Waals surface area contributed by atoms with Crippen molar-refractivity contribution in [3.8, 4) is 11.5 Å². The lowest BCUT2D eigenvalue weighted by Crippen LogP contribution is -1.97. The first-order valence-electron chi connectivity index (χ1n) is 5.03. The third-order valence-electron chi connectivity index (χ3n) is 2.78. The lowest BCUT2D eigenvalue weighted by Gasteiger charge is -2.11. The van der Waals surface area contributed by atoms with Crippen LogP contribution in [0.3, 0.4) is 0 Å². The molecule has 0 saturated carbocycles. The number of hydrogen-bond acceptors (Lipinski definition) is 3. The van der Waals surface area contributed by atoms with E-state index in [9.17, 15) is 0 Å². The zero-order valence-electron chi connectivity index (χ0n) is 8.36. The summed E-state index contributed by atoms with van der Waals surface area (Å²) in [5, 5.41) is 0. The second-order valence-electron chi connectivity index (χ2n) is 3.77. The van der Waals surface area contributed by atoms with E-state index >= 15 is 0 Å². The molecular formula is C12H12O3. The van der Waals surface area contributed by atoms with Crippen LogP contribution in [0.4, 0.5) is 0 Å². The summed E-state index contributed by atoms with van der Waals surface area (Å²) >= 11 is 0. The summed E-state index contributed by atoms with van der Waals surface area (Å²) in [5.41, 5.74) is 2.23. The van der Waals surface area contributed by atoms with E-state index in [-0.39, 0.29) is 6.10 Å². The normalized spacial score (nSPS) is 23.5. The van der Waals surface area contributed by atoms with Gasteiger partial charge in [-0.15, -0.1) is 0 Å². The molecule has 0 amide bonds. The summed E-state index contributed by atoms with van der Waals surface area (Å²) in [5.74, 6) is 1.61. The average Bonchev–Trinajstić information content (AvgIpc) is 2.84. The Labute approximate surface area is 88.3 Å². The van der Waals surface area contributed by atoms with Gasteiger partial charge in [0.2, 0.25) is 6.79 Å². The van der Waals surface area contributed by atoms with Crippen LogP contribution in [0.15, 0.2) is 30.4 Å². The Morgan fingerprint density at radius 2 is 2.07 bits per heavy atom. The van der Waals surface area contributed by atoms with Crippen LogP contribution in [-0.2, 0) is 4.74 Å². The van der Waals surface area contributed by atoms with Gasteiger partial charge in [0, 0.05) is 0 Å². The highest BCUT2D eigenvalue weighted by atomic mass is 16.7. The first kappa shape index (κ1) is 8.80. The van der Waals surface area contributed by atoms with Gasteiger partial charge in [0.25, 0.3) is 0 Å². The van der Waals surface area contributed by atoms with E-state index in [0.717, 1.165) is 35.7 Å². The van der Waals surface area contributed by atoms with Crippen LogP contribution in [-0.4, -0.2) is 13.4 Å². The Bertz CT molecular complexity index is 411. The van der Waals surface area contributed by atoms with Crippen LogP contribution in [0.5, 0.6) is 11.5 Å². The van der Waals surface area contributed by atoms with Crippen molar-refractivity contribution in [3.63, 3.8) is 0 Å². The van der Waals surface area contributed by atoms with E-state index in [2.05, 4.69) is 6.58 Å². The smallest absolute Gasteiger partial charge is 0.231 e. The van der Waals surface area contributed by atoms with Gasteiger partial charge in [-0.25, -0.2) is 0 Å². The maximum atomic E-state index is 5.62. The zero-order chi connectivity index (χ0) is 10.3. The van der Waals surface area contributed by atoms with Crippen molar-refractivity contribution >= 4 is 0 Å².